The molecular weight excluding hydrogens is 200 g/mol. The SMILES string of the molecule is C=C(C)C(=N)/C=C\C(=C)C(=O)N1CCCC1. The molecule has 3 heteroatoms. The molecule has 1 amide bonds. The molecule has 1 N–H and O–H groups in total. The van der Waals surface area contributed by atoms with Gasteiger partial charge >= 0.3 is 0 Å². The van der Waals surface area contributed by atoms with Crippen LogP contribution < -0.4 is 0 Å². The van der Waals surface area contributed by atoms with Crippen molar-refractivity contribution in [2.45, 2.75) is 19.8 Å². The molecular formula is C13H18N2O. The van der Waals surface area contributed by atoms with Crippen molar-refractivity contribution in [3.8, 4) is 0 Å². The van der Waals surface area contributed by atoms with E-state index < -0.39 is 0 Å². The summed E-state index contributed by atoms with van der Waals surface area (Å²) in [4.78, 5) is 13.6. The van der Waals surface area contributed by atoms with Crippen LogP contribution in [0.1, 0.15) is 19.8 Å². The zero-order valence-electron chi connectivity index (χ0n) is 9.75. The van der Waals surface area contributed by atoms with Gasteiger partial charge in [-0.1, -0.05) is 13.2 Å². The highest BCUT2D eigenvalue weighted by Gasteiger charge is 2.18. The second kappa shape index (κ2) is 5.45. The van der Waals surface area contributed by atoms with E-state index in [9.17, 15) is 4.79 Å². The molecule has 3 nitrogen and oxygen atoms in total. The van der Waals surface area contributed by atoms with E-state index in [-0.39, 0.29) is 5.91 Å². The fourth-order valence-electron chi connectivity index (χ4n) is 1.52. The number of carbonyl (C=O) groups excluding carboxylic acids is 1. The summed E-state index contributed by atoms with van der Waals surface area (Å²) in [6.07, 6.45) is 5.31. The summed E-state index contributed by atoms with van der Waals surface area (Å²) in [5.41, 5.74) is 1.45. The summed E-state index contributed by atoms with van der Waals surface area (Å²) in [5, 5.41) is 7.53. The molecule has 0 aliphatic carbocycles. The first-order chi connectivity index (χ1) is 7.52. The van der Waals surface area contributed by atoms with E-state index in [4.69, 9.17) is 5.41 Å². The lowest BCUT2D eigenvalue weighted by atomic mass is 10.1. The first-order valence-corrected chi connectivity index (χ1v) is 5.43. The second-order valence-corrected chi connectivity index (χ2v) is 4.05. The van der Waals surface area contributed by atoms with Crippen molar-refractivity contribution in [2.75, 3.05) is 13.1 Å². The van der Waals surface area contributed by atoms with Crippen LogP contribution in [0, 0.1) is 5.41 Å². The average molecular weight is 218 g/mol. The van der Waals surface area contributed by atoms with E-state index in [2.05, 4.69) is 13.2 Å². The van der Waals surface area contributed by atoms with Gasteiger partial charge in [0.25, 0.3) is 5.91 Å². The van der Waals surface area contributed by atoms with Crippen molar-refractivity contribution in [1.82, 2.24) is 4.90 Å². The van der Waals surface area contributed by atoms with E-state index in [1.54, 1.807) is 24.0 Å². The molecule has 1 aliphatic rings. The summed E-state index contributed by atoms with van der Waals surface area (Å²) in [6.45, 7) is 10.8. The van der Waals surface area contributed by atoms with Crippen molar-refractivity contribution in [3.63, 3.8) is 0 Å². The van der Waals surface area contributed by atoms with E-state index in [0.29, 0.717) is 16.9 Å². The van der Waals surface area contributed by atoms with Gasteiger partial charge in [-0.05, 0) is 37.5 Å². The molecule has 0 aromatic heterocycles. The van der Waals surface area contributed by atoms with Gasteiger partial charge in [-0.15, -0.1) is 0 Å². The van der Waals surface area contributed by atoms with Crippen molar-refractivity contribution < 1.29 is 4.79 Å². The van der Waals surface area contributed by atoms with Crippen molar-refractivity contribution in [2.24, 2.45) is 0 Å². The third-order valence-corrected chi connectivity index (χ3v) is 2.58. The lowest BCUT2D eigenvalue weighted by molar-refractivity contribution is -0.125. The van der Waals surface area contributed by atoms with Gasteiger partial charge in [0.1, 0.15) is 0 Å². The highest BCUT2D eigenvalue weighted by molar-refractivity contribution is 6.07. The molecule has 1 rings (SSSR count). The number of rotatable bonds is 4. The summed E-state index contributed by atoms with van der Waals surface area (Å²) in [5.74, 6) is -0.0248. The highest BCUT2D eigenvalue weighted by atomic mass is 16.2. The van der Waals surface area contributed by atoms with Gasteiger partial charge in [-0.2, -0.15) is 0 Å². The van der Waals surface area contributed by atoms with Gasteiger partial charge in [-0.3, -0.25) is 4.79 Å². The van der Waals surface area contributed by atoms with Crippen molar-refractivity contribution >= 4 is 11.6 Å². The number of nitrogens with zero attached hydrogens (tertiary/aromatic N) is 1. The van der Waals surface area contributed by atoms with Gasteiger partial charge in [0.05, 0.1) is 5.71 Å². The van der Waals surface area contributed by atoms with E-state index in [1.165, 1.54) is 0 Å². The minimum Gasteiger partial charge on any atom is -0.339 e. The topological polar surface area (TPSA) is 44.2 Å². The van der Waals surface area contributed by atoms with Crippen LogP contribution in [0.5, 0.6) is 0 Å². The minimum absolute atomic E-state index is 0.0248. The zero-order valence-corrected chi connectivity index (χ0v) is 9.75. The molecule has 0 aromatic carbocycles. The number of nitrogens with one attached hydrogen (secondary N) is 1. The molecule has 0 bridgehead atoms. The molecule has 1 heterocycles. The Kier molecular flexibility index (Phi) is 4.23. The van der Waals surface area contributed by atoms with Crippen LogP contribution in [-0.2, 0) is 4.79 Å². The summed E-state index contributed by atoms with van der Waals surface area (Å²) >= 11 is 0. The Morgan fingerprint density at radius 1 is 1.25 bits per heavy atom. The van der Waals surface area contributed by atoms with Crippen LogP contribution in [0.15, 0.2) is 36.5 Å². The first-order valence-electron chi connectivity index (χ1n) is 5.43. The van der Waals surface area contributed by atoms with Crippen LogP contribution in [0.3, 0.4) is 0 Å². The smallest absolute Gasteiger partial charge is 0.253 e. The van der Waals surface area contributed by atoms with Gasteiger partial charge in [0.15, 0.2) is 0 Å². The maximum atomic E-state index is 11.8. The zero-order chi connectivity index (χ0) is 12.1. The molecule has 1 fully saturated rings. The molecule has 1 saturated heterocycles. The summed E-state index contributed by atoms with van der Waals surface area (Å²) in [6, 6.07) is 0. The number of hydrogen-bond donors (Lipinski definition) is 1. The highest BCUT2D eigenvalue weighted by Crippen LogP contribution is 2.11. The fourth-order valence-corrected chi connectivity index (χ4v) is 1.52. The van der Waals surface area contributed by atoms with Crippen LogP contribution >= 0.6 is 0 Å². The maximum Gasteiger partial charge on any atom is 0.253 e. The number of carbonyl (C=O) groups is 1. The summed E-state index contributed by atoms with van der Waals surface area (Å²) < 4.78 is 0. The summed E-state index contributed by atoms with van der Waals surface area (Å²) in [7, 11) is 0. The molecule has 86 valence electrons. The normalized spacial score (nSPS) is 15.4. The molecule has 16 heavy (non-hydrogen) atoms. The Morgan fingerprint density at radius 2 is 1.81 bits per heavy atom. The predicted octanol–water partition coefficient (Wildman–Crippen LogP) is 2.32. The number of amides is 1. The largest absolute Gasteiger partial charge is 0.339 e. The lowest BCUT2D eigenvalue weighted by Crippen LogP contribution is -2.28. The van der Waals surface area contributed by atoms with Gasteiger partial charge in [-0.25, -0.2) is 0 Å². The van der Waals surface area contributed by atoms with Crippen molar-refractivity contribution in [1.29, 1.82) is 5.41 Å². The average Bonchev–Trinajstić information content (AvgIpc) is 2.77. The van der Waals surface area contributed by atoms with Gasteiger partial charge in [0, 0.05) is 18.7 Å². The quantitative estimate of drug-likeness (QED) is 0.439. The van der Waals surface area contributed by atoms with E-state index >= 15 is 0 Å². The molecule has 0 spiro atoms. The maximum absolute atomic E-state index is 11.8. The second-order valence-electron chi connectivity index (χ2n) is 4.05. The molecule has 0 radical (unpaired) electrons. The third-order valence-electron chi connectivity index (χ3n) is 2.58. The standard InChI is InChI=1S/C13H18N2O/c1-10(2)12(14)7-6-11(3)13(16)15-8-4-5-9-15/h6-7,14H,1,3-5,8-9H2,2H3/b7-6-,14-12?. The van der Waals surface area contributed by atoms with E-state index in [1.807, 2.05) is 0 Å². The van der Waals surface area contributed by atoms with Crippen LogP contribution in [0.25, 0.3) is 0 Å². The van der Waals surface area contributed by atoms with Gasteiger partial charge < -0.3 is 10.3 Å². The molecule has 0 atom stereocenters. The van der Waals surface area contributed by atoms with Gasteiger partial charge in [0.2, 0.25) is 0 Å². The van der Waals surface area contributed by atoms with Crippen molar-refractivity contribution in [3.05, 3.63) is 36.5 Å². The van der Waals surface area contributed by atoms with Crippen LogP contribution in [0.4, 0.5) is 0 Å². The molecule has 0 saturated carbocycles. The van der Waals surface area contributed by atoms with E-state index in [0.717, 1.165) is 25.9 Å². The Balaban J connectivity index is 2.54. The first kappa shape index (κ1) is 12.4. The monoisotopic (exact) mass is 218 g/mol. The van der Waals surface area contributed by atoms with Crippen LogP contribution in [0.2, 0.25) is 0 Å². The lowest BCUT2D eigenvalue weighted by Gasteiger charge is -2.14. The minimum atomic E-state index is -0.0248. The Hall–Kier alpha value is -1.64. The fraction of sp³-hybridized carbons (Fsp3) is 0.385. The predicted molar refractivity (Wildman–Crippen MR) is 66.6 cm³/mol. The number of allylic oxidation sites excluding steroid dienone is 2. The number of hydrogen-bond acceptors (Lipinski definition) is 2. The Labute approximate surface area is 96.7 Å². The van der Waals surface area contributed by atoms with Crippen LogP contribution in [-0.4, -0.2) is 29.6 Å². The molecule has 0 unspecified atom stereocenters. The molecule has 0 aromatic rings. The molecule has 1 aliphatic heterocycles. The Bertz CT molecular complexity index is 360. The Morgan fingerprint density at radius 3 is 2.31 bits per heavy atom. The number of likely N-dealkylation sites (tertiary alicyclic amines) is 1. The third kappa shape index (κ3) is 3.19.